The molecule has 2 rings (SSSR count). The van der Waals surface area contributed by atoms with E-state index in [9.17, 15) is 9.59 Å². The first-order chi connectivity index (χ1) is 8.79. The summed E-state index contributed by atoms with van der Waals surface area (Å²) >= 11 is 5.70. The molecule has 1 fully saturated rings. The number of rotatable bonds is 1. The largest absolute Gasteiger partial charge is 0.280 e. The number of carbonyl (C=O) groups is 2. The third kappa shape index (κ3) is 2.92. The van der Waals surface area contributed by atoms with Crippen molar-refractivity contribution in [3.05, 3.63) is 23.2 Å². The van der Waals surface area contributed by atoms with Crippen LogP contribution in [0.5, 0.6) is 0 Å². The lowest BCUT2D eigenvalue weighted by atomic mass is 9.80. The van der Waals surface area contributed by atoms with Gasteiger partial charge in [-0.05, 0) is 11.3 Å². The van der Waals surface area contributed by atoms with Crippen molar-refractivity contribution in [2.45, 2.75) is 27.2 Å². The number of carbonyl (C=O) groups excluding carboxylic acids is 2. The lowest BCUT2D eigenvalue weighted by molar-refractivity contribution is -0.125. The molecular weight excluding hydrogens is 266 g/mol. The maximum Gasteiger partial charge on any atom is 0.280 e. The summed E-state index contributed by atoms with van der Waals surface area (Å²) < 4.78 is 0. The molecule has 0 aliphatic carbocycles. The summed E-state index contributed by atoms with van der Waals surface area (Å²) in [4.78, 5) is 33.1. The summed E-state index contributed by atoms with van der Waals surface area (Å²) in [6, 6.07) is 0. The standard InChI is InChI=1S/C13H16ClN3O2/c1-13(2,3)8-4-11(18)17(7-8)12(19)9-5-15-6-10(14)16-9/h5-6,8H,4,7H2,1-3H3. The van der Waals surface area contributed by atoms with Gasteiger partial charge < -0.3 is 0 Å². The summed E-state index contributed by atoms with van der Waals surface area (Å²) in [5.41, 5.74) is 0.0976. The average molecular weight is 282 g/mol. The third-order valence-corrected chi connectivity index (χ3v) is 3.60. The number of nitrogens with zero attached hydrogens (tertiary/aromatic N) is 3. The van der Waals surface area contributed by atoms with Crippen LogP contribution in [0.4, 0.5) is 0 Å². The van der Waals surface area contributed by atoms with Crippen molar-refractivity contribution in [1.82, 2.24) is 14.9 Å². The van der Waals surface area contributed by atoms with Crippen molar-refractivity contribution in [2.24, 2.45) is 11.3 Å². The minimum Gasteiger partial charge on any atom is -0.277 e. The number of aromatic nitrogens is 2. The average Bonchev–Trinajstić information content (AvgIpc) is 2.70. The topological polar surface area (TPSA) is 63.2 Å². The van der Waals surface area contributed by atoms with Gasteiger partial charge in [-0.2, -0.15) is 0 Å². The molecule has 1 saturated heterocycles. The van der Waals surface area contributed by atoms with Gasteiger partial charge in [-0.25, -0.2) is 4.98 Å². The van der Waals surface area contributed by atoms with Crippen molar-refractivity contribution in [1.29, 1.82) is 0 Å². The summed E-state index contributed by atoms with van der Waals surface area (Å²) in [6.07, 6.45) is 3.07. The monoisotopic (exact) mass is 281 g/mol. The first-order valence-corrected chi connectivity index (χ1v) is 6.49. The number of hydrogen-bond donors (Lipinski definition) is 0. The van der Waals surface area contributed by atoms with Crippen LogP contribution in [0.15, 0.2) is 12.4 Å². The van der Waals surface area contributed by atoms with Gasteiger partial charge in [0.05, 0.1) is 12.4 Å². The number of halogens is 1. The Morgan fingerprint density at radius 3 is 2.63 bits per heavy atom. The molecule has 1 aliphatic heterocycles. The molecule has 0 N–H and O–H groups in total. The molecule has 102 valence electrons. The Hall–Kier alpha value is -1.49. The highest BCUT2D eigenvalue weighted by atomic mass is 35.5. The quantitative estimate of drug-likeness (QED) is 0.740. The summed E-state index contributed by atoms with van der Waals surface area (Å²) in [5.74, 6) is -0.422. The van der Waals surface area contributed by atoms with Gasteiger partial charge in [-0.15, -0.1) is 0 Å². The SMILES string of the molecule is CC(C)(C)C1CC(=O)N(C(=O)c2cncc(Cl)n2)C1. The zero-order valence-corrected chi connectivity index (χ0v) is 11.9. The van der Waals surface area contributed by atoms with E-state index < -0.39 is 5.91 Å². The molecule has 2 amide bonds. The van der Waals surface area contributed by atoms with Crippen LogP contribution in [-0.2, 0) is 4.79 Å². The van der Waals surface area contributed by atoms with Crippen molar-refractivity contribution in [3.8, 4) is 0 Å². The second-order valence-electron chi connectivity index (χ2n) is 5.80. The molecule has 0 spiro atoms. The van der Waals surface area contributed by atoms with Gasteiger partial charge in [0.2, 0.25) is 5.91 Å². The van der Waals surface area contributed by atoms with Crippen LogP contribution < -0.4 is 0 Å². The van der Waals surface area contributed by atoms with Crippen LogP contribution in [0.3, 0.4) is 0 Å². The molecule has 1 aromatic rings. The fourth-order valence-corrected chi connectivity index (χ4v) is 2.21. The molecule has 1 aliphatic rings. The molecule has 0 saturated carbocycles. The predicted octanol–water partition coefficient (Wildman–Crippen LogP) is 2.16. The van der Waals surface area contributed by atoms with Crippen LogP contribution in [0, 0.1) is 11.3 Å². The Kier molecular flexibility index (Phi) is 3.58. The number of likely N-dealkylation sites (tertiary alicyclic amines) is 1. The van der Waals surface area contributed by atoms with Gasteiger partial charge in [0.15, 0.2) is 0 Å². The molecular formula is C13H16ClN3O2. The Morgan fingerprint density at radius 1 is 1.42 bits per heavy atom. The maximum atomic E-state index is 12.2. The van der Waals surface area contributed by atoms with Crippen LogP contribution >= 0.6 is 11.6 Å². The molecule has 1 atom stereocenters. The highest BCUT2D eigenvalue weighted by Crippen LogP contribution is 2.34. The second kappa shape index (κ2) is 4.89. The van der Waals surface area contributed by atoms with E-state index >= 15 is 0 Å². The normalized spacial score (nSPS) is 19.9. The highest BCUT2D eigenvalue weighted by Gasteiger charge is 2.40. The fourth-order valence-electron chi connectivity index (χ4n) is 2.07. The predicted molar refractivity (Wildman–Crippen MR) is 70.6 cm³/mol. The second-order valence-corrected chi connectivity index (χ2v) is 6.19. The molecule has 1 unspecified atom stereocenters. The summed E-state index contributed by atoms with van der Waals surface area (Å²) in [7, 11) is 0. The van der Waals surface area contributed by atoms with E-state index in [4.69, 9.17) is 11.6 Å². The smallest absolute Gasteiger partial charge is 0.277 e. The number of amides is 2. The van der Waals surface area contributed by atoms with Crippen molar-refractivity contribution >= 4 is 23.4 Å². The Balaban J connectivity index is 2.19. The molecule has 0 aromatic carbocycles. The van der Waals surface area contributed by atoms with E-state index in [-0.39, 0.29) is 28.1 Å². The van der Waals surface area contributed by atoms with E-state index in [1.807, 2.05) is 0 Å². The van der Waals surface area contributed by atoms with Gasteiger partial charge in [0, 0.05) is 13.0 Å². The maximum absolute atomic E-state index is 12.2. The molecule has 0 radical (unpaired) electrons. The van der Waals surface area contributed by atoms with Crippen molar-refractivity contribution < 1.29 is 9.59 Å². The third-order valence-electron chi connectivity index (χ3n) is 3.42. The number of imide groups is 1. The Labute approximate surface area is 117 Å². The van der Waals surface area contributed by atoms with Gasteiger partial charge in [0.1, 0.15) is 10.8 Å². The fraction of sp³-hybridized carbons (Fsp3) is 0.538. The minimum atomic E-state index is -0.424. The first kappa shape index (κ1) is 13.9. The van der Waals surface area contributed by atoms with Gasteiger partial charge in [-0.1, -0.05) is 32.4 Å². The highest BCUT2D eigenvalue weighted by molar-refractivity contribution is 6.29. The van der Waals surface area contributed by atoms with Crippen molar-refractivity contribution in [2.75, 3.05) is 6.54 Å². The van der Waals surface area contributed by atoms with Gasteiger partial charge in [-0.3, -0.25) is 19.5 Å². The van der Waals surface area contributed by atoms with E-state index in [2.05, 4.69) is 30.7 Å². The van der Waals surface area contributed by atoms with Gasteiger partial charge in [0.25, 0.3) is 5.91 Å². The lowest BCUT2D eigenvalue weighted by Gasteiger charge is -2.25. The van der Waals surface area contributed by atoms with E-state index in [1.165, 1.54) is 17.3 Å². The zero-order valence-electron chi connectivity index (χ0n) is 11.2. The van der Waals surface area contributed by atoms with Gasteiger partial charge >= 0.3 is 0 Å². The minimum absolute atomic E-state index is 0.00922. The van der Waals surface area contributed by atoms with E-state index in [0.29, 0.717) is 13.0 Å². The van der Waals surface area contributed by atoms with Crippen molar-refractivity contribution in [3.63, 3.8) is 0 Å². The zero-order chi connectivity index (χ0) is 14.2. The molecule has 6 heteroatoms. The van der Waals surface area contributed by atoms with Crippen LogP contribution in [-0.4, -0.2) is 33.2 Å². The van der Waals surface area contributed by atoms with Crippen LogP contribution in [0.2, 0.25) is 5.15 Å². The van der Waals surface area contributed by atoms with E-state index in [0.717, 1.165) is 0 Å². The lowest BCUT2D eigenvalue weighted by Crippen LogP contribution is -2.34. The Bertz CT molecular complexity index is 525. The molecule has 0 bridgehead atoms. The van der Waals surface area contributed by atoms with E-state index in [1.54, 1.807) is 0 Å². The first-order valence-electron chi connectivity index (χ1n) is 6.11. The molecule has 5 nitrogen and oxygen atoms in total. The Morgan fingerprint density at radius 2 is 2.11 bits per heavy atom. The molecule has 19 heavy (non-hydrogen) atoms. The number of hydrogen-bond acceptors (Lipinski definition) is 4. The van der Waals surface area contributed by atoms with Crippen LogP contribution in [0.1, 0.15) is 37.7 Å². The molecule has 1 aromatic heterocycles. The summed E-state index contributed by atoms with van der Waals surface area (Å²) in [6.45, 7) is 6.63. The molecule has 2 heterocycles. The van der Waals surface area contributed by atoms with Crippen LogP contribution in [0.25, 0.3) is 0 Å². The summed E-state index contributed by atoms with van der Waals surface area (Å²) in [5, 5.41) is 0.143.